The summed E-state index contributed by atoms with van der Waals surface area (Å²) in [6.45, 7) is 6.28. The number of nitrogens with zero attached hydrogens (tertiary/aromatic N) is 3. The Morgan fingerprint density at radius 3 is 2.84 bits per heavy atom. The third kappa shape index (κ3) is 4.46. The van der Waals surface area contributed by atoms with Crippen LogP contribution in [0.1, 0.15) is 0 Å². The molecule has 2 N–H and O–H groups in total. The number of aromatic nitrogens is 2. The number of halogens is 1. The number of morpholine rings is 1. The first-order valence-corrected chi connectivity index (χ1v) is 8.19. The van der Waals surface area contributed by atoms with E-state index in [1.807, 2.05) is 12.1 Å². The quantitative estimate of drug-likeness (QED) is 0.631. The van der Waals surface area contributed by atoms with Crippen LogP contribution in [-0.2, 0) is 9.53 Å². The average molecular weight is 360 g/mol. The Morgan fingerprint density at radius 2 is 2.08 bits per heavy atom. The maximum Gasteiger partial charge on any atom is 0.247 e. The number of carbonyl (C=O) groups is 1. The zero-order chi connectivity index (χ0) is 17.6. The summed E-state index contributed by atoms with van der Waals surface area (Å²) < 4.78 is 5.39. The first-order chi connectivity index (χ1) is 12.2. The number of ether oxygens (including phenoxy) is 1. The molecule has 0 aliphatic carbocycles. The maximum absolute atomic E-state index is 11.4. The lowest BCUT2D eigenvalue weighted by Crippen LogP contribution is -2.36. The van der Waals surface area contributed by atoms with Gasteiger partial charge in [0.25, 0.3) is 0 Å². The Kier molecular flexibility index (Phi) is 5.47. The highest BCUT2D eigenvalue weighted by molar-refractivity contribution is 6.28. The molecule has 8 heteroatoms. The minimum absolute atomic E-state index is 0.163. The van der Waals surface area contributed by atoms with Crippen molar-refractivity contribution in [2.45, 2.75) is 0 Å². The standard InChI is InChI=1S/C17H18ClN5O2/c1-2-15(24)20-12-4-3-5-13(10-12)21-16-14(11-19-17(18)22-16)23-6-8-25-9-7-23/h2-5,10-11H,1,6-9H2,(H,20,24)(H,19,21,22). The van der Waals surface area contributed by atoms with E-state index >= 15 is 0 Å². The molecule has 1 aromatic heterocycles. The van der Waals surface area contributed by atoms with Crippen molar-refractivity contribution < 1.29 is 9.53 Å². The largest absolute Gasteiger partial charge is 0.378 e. The molecular formula is C17H18ClN5O2. The van der Waals surface area contributed by atoms with E-state index in [0.29, 0.717) is 24.7 Å². The van der Waals surface area contributed by atoms with Crippen molar-refractivity contribution in [1.82, 2.24) is 9.97 Å². The van der Waals surface area contributed by atoms with Gasteiger partial charge in [-0.25, -0.2) is 4.98 Å². The smallest absolute Gasteiger partial charge is 0.247 e. The molecular weight excluding hydrogens is 342 g/mol. The summed E-state index contributed by atoms with van der Waals surface area (Å²) in [4.78, 5) is 22.0. The fraction of sp³-hybridized carbons (Fsp3) is 0.235. The topological polar surface area (TPSA) is 79.4 Å². The van der Waals surface area contributed by atoms with E-state index in [-0.39, 0.29) is 11.2 Å². The molecule has 0 radical (unpaired) electrons. The maximum atomic E-state index is 11.4. The fourth-order valence-corrected chi connectivity index (χ4v) is 2.62. The van der Waals surface area contributed by atoms with E-state index in [2.05, 4.69) is 32.1 Å². The van der Waals surface area contributed by atoms with E-state index < -0.39 is 0 Å². The summed E-state index contributed by atoms with van der Waals surface area (Å²) in [6, 6.07) is 7.31. The average Bonchev–Trinajstić information content (AvgIpc) is 2.63. The van der Waals surface area contributed by atoms with Gasteiger partial charge in [-0.1, -0.05) is 12.6 Å². The van der Waals surface area contributed by atoms with Gasteiger partial charge in [0, 0.05) is 24.5 Å². The van der Waals surface area contributed by atoms with Gasteiger partial charge in [-0.05, 0) is 35.9 Å². The zero-order valence-corrected chi connectivity index (χ0v) is 14.3. The molecule has 1 aliphatic rings. The van der Waals surface area contributed by atoms with Crippen LogP contribution in [0.4, 0.5) is 22.9 Å². The molecule has 3 rings (SSSR count). The van der Waals surface area contributed by atoms with Crippen molar-refractivity contribution in [1.29, 1.82) is 0 Å². The van der Waals surface area contributed by atoms with Crippen LogP contribution in [0.2, 0.25) is 5.28 Å². The fourth-order valence-electron chi connectivity index (χ4n) is 2.49. The molecule has 1 saturated heterocycles. The monoisotopic (exact) mass is 359 g/mol. The lowest BCUT2D eigenvalue weighted by Gasteiger charge is -2.29. The third-order valence-corrected chi connectivity index (χ3v) is 3.85. The highest BCUT2D eigenvalue weighted by Gasteiger charge is 2.17. The normalized spacial score (nSPS) is 14.0. The summed E-state index contributed by atoms with van der Waals surface area (Å²) in [5.74, 6) is 0.338. The van der Waals surface area contributed by atoms with Crippen molar-refractivity contribution in [3.63, 3.8) is 0 Å². The van der Waals surface area contributed by atoms with E-state index in [1.54, 1.807) is 18.3 Å². The molecule has 2 aromatic rings. The summed E-state index contributed by atoms with van der Waals surface area (Å²) in [7, 11) is 0. The molecule has 7 nitrogen and oxygen atoms in total. The molecule has 2 heterocycles. The number of nitrogens with one attached hydrogen (secondary N) is 2. The Morgan fingerprint density at radius 1 is 1.32 bits per heavy atom. The Balaban J connectivity index is 1.84. The second-order valence-corrected chi connectivity index (χ2v) is 5.71. The minimum atomic E-state index is -0.267. The summed E-state index contributed by atoms with van der Waals surface area (Å²) >= 11 is 5.97. The van der Waals surface area contributed by atoms with Crippen LogP contribution in [0.15, 0.2) is 43.1 Å². The SMILES string of the molecule is C=CC(=O)Nc1cccc(Nc2nc(Cl)ncc2N2CCOCC2)c1. The number of benzene rings is 1. The molecule has 1 aromatic carbocycles. The molecule has 0 saturated carbocycles. The van der Waals surface area contributed by atoms with Gasteiger partial charge in [0.15, 0.2) is 5.82 Å². The molecule has 130 valence electrons. The number of rotatable bonds is 5. The van der Waals surface area contributed by atoms with Crippen molar-refractivity contribution in [3.05, 3.63) is 48.4 Å². The second kappa shape index (κ2) is 7.96. The van der Waals surface area contributed by atoms with Gasteiger partial charge in [0.1, 0.15) is 0 Å². The van der Waals surface area contributed by atoms with Crippen LogP contribution in [0.5, 0.6) is 0 Å². The van der Waals surface area contributed by atoms with Gasteiger partial charge >= 0.3 is 0 Å². The van der Waals surface area contributed by atoms with Crippen molar-refractivity contribution in [3.8, 4) is 0 Å². The summed E-state index contributed by atoms with van der Waals surface area (Å²) in [6.07, 6.45) is 2.92. The predicted molar refractivity (Wildman–Crippen MR) is 98.6 cm³/mol. The van der Waals surface area contributed by atoms with Gasteiger partial charge < -0.3 is 20.3 Å². The Labute approximate surface area is 150 Å². The second-order valence-electron chi connectivity index (χ2n) is 5.37. The first-order valence-electron chi connectivity index (χ1n) is 7.81. The predicted octanol–water partition coefficient (Wildman–Crippen LogP) is 2.83. The van der Waals surface area contributed by atoms with Crippen molar-refractivity contribution in [2.24, 2.45) is 0 Å². The van der Waals surface area contributed by atoms with Crippen LogP contribution in [-0.4, -0.2) is 42.2 Å². The molecule has 0 bridgehead atoms. The highest BCUT2D eigenvalue weighted by Crippen LogP contribution is 2.29. The van der Waals surface area contributed by atoms with E-state index in [0.717, 1.165) is 24.5 Å². The highest BCUT2D eigenvalue weighted by atomic mass is 35.5. The van der Waals surface area contributed by atoms with E-state index in [9.17, 15) is 4.79 Å². The molecule has 1 amide bonds. The Bertz CT molecular complexity index is 777. The van der Waals surface area contributed by atoms with Gasteiger partial charge in [0.2, 0.25) is 11.2 Å². The van der Waals surface area contributed by atoms with Gasteiger partial charge in [-0.3, -0.25) is 4.79 Å². The van der Waals surface area contributed by atoms with Crippen molar-refractivity contribution >= 4 is 40.4 Å². The summed E-state index contributed by atoms with van der Waals surface area (Å²) in [5.41, 5.74) is 2.28. The number of hydrogen-bond acceptors (Lipinski definition) is 6. The number of hydrogen-bond donors (Lipinski definition) is 2. The van der Waals surface area contributed by atoms with E-state index in [1.165, 1.54) is 6.08 Å². The molecule has 1 fully saturated rings. The third-order valence-electron chi connectivity index (χ3n) is 3.67. The van der Waals surface area contributed by atoms with Crippen molar-refractivity contribution in [2.75, 3.05) is 41.8 Å². The van der Waals surface area contributed by atoms with Crippen LogP contribution in [0.3, 0.4) is 0 Å². The lowest BCUT2D eigenvalue weighted by atomic mass is 10.2. The number of carbonyl (C=O) groups excluding carboxylic acids is 1. The Hall–Kier alpha value is -2.64. The molecule has 0 unspecified atom stereocenters. The van der Waals surface area contributed by atoms with Crippen LogP contribution in [0.25, 0.3) is 0 Å². The molecule has 1 aliphatic heterocycles. The molecule has 25 heavy (non-hydrogen) atoms. The zero-order valence-electron chi connectivity index (χ0n) is 13.5. The lowest BCUT2D eigenvalue weighted by molar-refractivity contribution is -0.111. The molecule has 0 spiro atoms. The number of amides is 1. The van der Waals surface area contributed by atoms with Gasteiger partial charge in [-0.15, -0.1) is 0 Å². The van der Waals surface area contributed by atoms with Crippen LogP contribution in [0, 0.1) is 0 Å². The molecule has 0 atom stereocenters. The van der Waals surface area contributed by atoms with Crippen LogP contribution < -0.4 is 15.5 Å². The van der Waals surface area contributed by atoms with Crippen LogP contribution >= 0.6 is 11.6 Å². The summed E-state index contributed by atoms with van der Waals surface area (Å²) in [5, 5.41) is 6.13. The van der Waals surface area contributed by atoms with Gasteiger partial charge in [0.05, 0.1) is 25.1 Å². The number of anilines is 4. The van der Waals surface area contributed by atoms with E-state index in [4.69, 9.17) is 16.3 Å². The van der Waals surface area contributed by atoms with Gasteiger partial charge in [-0.2, -0.15) is 4.98 Å². The minimum Gasteiger partial charge on any atom is -0.378 e. The first kappa shape index (κ1) is 17.2.